The molecule has 0 bridgehead atoms. The molecule has 0 aliphatic rings. The summed E-state index contributed by atoms with van der Waals surface area (Å²) in [5.41, 5.74) is 0. The third-order valence-electron chi connectivity index (χ3n) is 0. The largest absolute Gasteiger partial charge is 5.00 e. The molecule has 43 valence electrons. The number of hydrogen-bond donors (Lipinski definition) is 0. The van der Waals surface area contributed by atoms with Crippen molar-refractivity contribution in [2.75, 3.05) is 0 Å². The quantitative estimate of drug-likeness (QED) is 0.326. The van der Waals surface area contributed by atoms with Crippen molar-refractivity contribution in [3.63, 3.8) is 0 Å². The van der Waals surface area contributed by atoms with E-state index in [1.807, 2.05) is 0 Å². The maximum absolute atomic E-state index is 8.55. The molecule has 4 nitrogen and oxygen atoms in total. The second kappa shape index (κ2) is 13.3. The Labute approximate surface area is 108 Å². The van der Waals surface area contributed by atoms with Gasteiger partial charge in [-0.3, -0.25) is 0 Å². The van der Waals surface area contributed by atoms with Crippen LogP contribution in [0.1, 0.15) is 0 Å². The van der Waals surface area contributed by atoms with Gasteiger partial charge < -0.3 is 19.2 Å². The number of phosphoric acid groups is 1. The van der Waals surface area contributed by atoms with Gasteiger partial charge in [-0.05, 0) is 0 Å². The standard InChI is InChI=1S/Fe.Mn.Na.H3O4P.V/c;;;1-5(2,3)4;/h;;;(H3,1,2,3,4);/q2*+2;+1;;+5/p-3. The van der Waals surface area contributed by atoms with Crippen LogP contribution in [0, 0.1) is 0 Å². The second-order valence-electron chi connectivity index (χ2n) is 0.447. The van der Waals surface area contributed by atoms with Crippen molar-refractivity contribution in [2.45, 2.75) is 0 Å². The van der Waals surface area contributed by atoms with Gasteiger partial charge in [-0.25, -0.2) is 0 Å². The molecule has 0 amide bonds. The van der Waals surface area contributed by atoms with Crippen molar-refractivity contribution in [3.8, 4) is 0 Å². The van der Waals surface area contributed by atoms with Crippen LogP contribution in [-0.2, 0) is 57.3 Å². The Kier molecular flexibility index (Phi) is 44.2. The van der Waals surface area contributed by atoms with E-state index in [9.17, 15) is 0 Å². The Morgan fingerprint density at radius 1 is 1.11 bits per heavy atom. The van der Waals surface area contributed by atoms with Crippen LogP contribution in [0.25, 0.3) is 0 Å². The molecule has 0 unspecified atom stereocenters. The van der Waals surface area contributed by atoms with E-state index in [-0.39, 0.29) is 82.3 Å². The van der Waals surface area contributed by atoms with Gasteiger partial charge in [0.25, 0.3) is 0 Å². The molecule has 0 aromatic rings. The molecule has 0 saturated heterocycles. The first-order valence-electron chi connectivity index (χ1n) is 0.730. The van der Waals surface area contributed by atoms with Gasteiger partial charge >= 0.3 is 82.3 Å². The topological polar surface area (TPSA) is 86.2 Å². The fourth-order valence-electron chi connectivity index (χ4n) is 0. The predicted molar refractivity (Wildman–Crippen MR) is 7.61 cm³/mol. The molecule has 0 aromatic heterocycles. The van der Waals surface area contributed by atoms with Crippen LogP contribution in [0.2, 0.25) is 0 Å². The van der Waals surface area contributed by atoms with E-state index in [4.69, 9.17) is 19.2 Å². The van der Waals surface area contributed by atoms with Gasteiger partial charge in [0.15, 0.2) is 0 Å². The van der Waals surface area contributed by atoms with E-state index in [2.05, 4.69) is 0 Å². The summed E-state index contributed by atoms with van der Waals surface area (Å²) in [6, 6.07) is 0. The molecule has 0 saturated carbocycles. The van der Waals surface area contributed by atoms with Crippen molar-refractivity contribution in [2.24, 2.45) is 0 Å². The SMILES string of the molecule is O=P([O-])([O-])[O-].[Fe+2].[Mn+2].[Na+].[V+5]. The molecular formula is FeMnNaO4PV+7. The van der Waals surface area contributed by atoms with Crippen molar-refractivity contribution in [1.82, 2.24) is 0 Å². The maximum atomic E-state index is 8.55. The van der Waals surface area contributed by atoms with Gasteiger partial charge in [0.2, 0.25) is 0 Å². The molecule has 0 aromatic carbocycles. The number of rotatable bonds is 0. The first kappa shape index (κ1) is 29.8. The minimum absolute atomic E-state index is 0. The molecule has 0 rings (SSSR count). The summed E-state index contributed by atoms with van der Waals surface area (Å²) in [5, 5.41) is 0. The minimum atomic E-state index is -5.39. The molecule has 1 radical (unpaired) electrons. The zero-order chi connectivity index (χ0) is 4.50. The van der Waals surface area contributed by atoms with Crippen molar-refractivity contribution < 1.29 is 101 Å². The third-order valence-corrected chi connectivity index (χ3v) is 0. The van der Waals surface area contributed by atoms with Crippen molar-refractivity contribution in [1.29, 1.82) is 0 Å². The average Bonchev–Trinajstić information content (AvgIpc) is 0.722. The van der Waals surface area contributed by atoms with Crippen LogP contribution in [-0.4, -0.2) is 0 Å². The van der Waals surface area contributed by atoms with E-state index in [1.165, 1.54) is 0 Å². The smallest absolute Gasteiger partial charge is 0.822 e. The molecule has 9 heteroatoms. The normalized spacial score (nSPS) is 6.56. The Hall–Kier alpha value is 2.73. The third kappa shape index (κ3) is 110. The molecule has 0 fully saturated rings. The van der Waals surface area contributed by atoms with Gasteiger partial charge in [0.05, 0.1) is 0 Å². The van der Waals surface area contributed by atoms with Crippen LogP contribution >= 0.6 is 7.82 Å². The predicted octanol–water partition coefficient (Wildman–Crippen LogP) is -5.83. The fraction of sp³-hybridized carbons (Fsp3) is 0. The second-order valence-corrected chi connectivity index (χ2v) is 1.34. The zero-order valence-electron chi connectivity index (χ0n) is 4.26. The van der Waals surface area contributed by atoms with Gasteiger partial charge in [0.1, 0.15) is 0 Å². The molecule has 0 N–H and O–H groups in total. The molecule has 9 heavy (non-hydrogen) atoms. The van der Waals surface area contributed by atoms with Gasteiger partial charge in [-0.2, -0.15) is 7.82 Å². The Bertz CT molecular complexity index is 66.7. The Balaban J connectivity index is -0.0000000133. The first-order chi connectivity index (χ1) is 2.00. The van der Waals surface area contributed by atoms with Crippen LogP contribution in [0.5, 0.6) is 0 Å². The Morgan fingerprint density at radius 3 is 1.11 bits per heavy atom. The summed E-state index contributed by atoms with van der Waals surface area (Å²) < 4.78 is 8.55. The summed E-state index contributed by atoms with van der Waals surface area (Å²) in [4.78, 5) is 25.6. The molecule has 0 aliphatic heterocycles. The van der Waals surface area contributed by atoms with Crippen molar-refractivity contribution >= 4 is 7.82 Å². The minimum Gasteiger partial charge on any atom is -0.822 e. The Morgan fingerprint density at radius 2 is 1.11 bits per heavy atom. The molecule has 0 spiro atoms. The van der Waals surface area contributed by atoms with Gasteiger partial charge in [-0.15, -0.1) is 0 Å². The molecule has 0 aliphatic carbocycles. The van der Waals surface area contributed by atoms with Crippen LogP contribution in [0.3, 0.4) is 0 Å². The van der Waals surface area contributed by atoms with Crippen molar-refractivity contribution in [3.05, 3.63) is 0 Å². The molecular weight excluding hydrogens is 280 g/mol. The van der Waals surface area contributed by atoms with E-state index in [0.717, 1.165) is 0 Å². The summed E-state index contributed by atoms with van der Waals surface area (Å²) in [7, 11) is -5.39. The molecule has 0 atom stereocenters. The fourth-order valence-corrected chi connectivity index (χ4v) is 0. The van der Waals surface area contributed by atoms with Crippen LogP contribution < -0.4 is 44.2 Å². The summed E-state index contributed by atoms with van der Waals surface area (Å²) in [6.45, 7) is 0. The zero-order valence-corrected chi connectivity index (χ0v) is 10.8. The van der Waals surface area contributed by atoms with E-state index in [1.54, 1.807) is 0 Å². The van der Waals surface area contributed by atoms with Gasteiger partial charge in [-0.1, -0.05) is 0 Å². The van der Waals surface area contributed by atoms with E-state index >= 15 is 0 Å². The summed E-state index contributed by atoms with van der Waals surface area (Å²) in [6.07, 6.45) is 0. The average molecular weight is 280 g/mol. The van der Waals surface area contributed by atoms with Crippen LogP contribution in [0.4, 0.5) is 0 Å². The summed E-state index contributed by atoms with van der Waals surface area (Å²) >= 11 is 0. The van der Waals surface area contributed by atoms with E-state index < -0.39 is 7.82 Å². The molecule has 0 heterocycles. The number of hydrogen-bond acceptors (Lipinski definition) is 4. The van der Waals surface area contributed by atoms with E-state index in [0.29, 0.717) is 0 Å². The van der Waals surface area contributed by atoms with Crippen LogP contribution in [0.15, 0.2) is 0 Å². The monoisotopic (exact) mass is 280 g/mol. The first-order valence-corrected chi connectivity index (χ1v) is 2.19. The maximum Gasteiger partial charge on any atom is 5.00 e. The summed E-state index contributed by atoms with van der Waals surface area (Å²) in [5.74, 6) is 0. The van der Waals surface area contributed by atoms with Gasteiger partial charge in [0, 0.05) is 0 Å².